The van der Waals surface area contributed by atoms with Crippen LogP contribution in [0.4, 0.5) is 5.69 Å². The van der Waals surface area contributed by atoms with E-state index in [1.807, 2.05) is 0 Å². The van der Waals surface area contributed by atoms with Crippen molar-refractivity contribution in [2.45, 2.75) is 0 Å². The van der Waals surface area contributed by atoms with Crippen molar-refractivity contribution in [3.8, 4) is 0 Å². The SMILES string of the molecule is NC(=O)c1csc2cc(N3CCOCC3)cnc12. The van der Waals surface area contributed by atoms with Gasteiger partial charge in [-0.25, -0.2) is 0 Å². The molecule has 94 valence electrons. The van der Waals surface area contributed by atoms with Crippen LogP contribution in [0.25, 0.3) is 10.2 Å². The molecule has 0 atom stereocenters. The summed E-state index contributed by atoms with van der Waals surface area (Å²) in [6.45, 7) is 3.24. The quantitative estimate of drug-likeness (QED) is 0.885. The van der Waals surface area contributed by atoms with Crippen molar-refractivity contribution in [1.29, 1.82) is 0 Å². The van der Waals surface area contributed by atoms with Crippen LogP contribution in [0.15, 0.2) is 17.6 Å². The van der Waals surface area contributed by atoms with E-state index in [0.717, 1.165) is 36.7 Å². The van der Waals surface area contributed by atoms with E-state index in [1.54, 1.807) is 11.6 Å². The van der Waals surface area contributed by atoms with Gasteiger partial charge in [0.2, 0.25) is 0 Å². The number of anilines is 1. The van der Waals surface area contributed by atoms with Crippen molar-refractivity contribution in [1.82, 2.24) is 4.98 Å². The number of hydrogen-bond acceptors (Lipinski definition) is 5. The van der Waals surface area contributed by atoms with Crippen molar-refractivity contribution in [2.24, 2.45) is 5.73 Å². The summed E-state index contributed by atoms with van der Waals surface area (Å²) in [6.07, 6.45) is 1.80. The highest BCUT2D eigenvalue weighted by atomic mass is 32.1. The van der Waals surface area contributed by atoms with Crippen LogP contribution in [0.1, 0.15) is 10.4 Å². The summed E-state index contributed by atoms with van der Waals surface area (Å²) in [5.74, 6) is -0.423. The number of nitrogens with zero attached hydrogens (tertiary/aromatic N) is 2. The number of carbonyl (C=O) groups excluding carboxylic acids is 1. The van der Waals surface area contributed by atoms with Crippen LogP contribution in [-0.4, -0.2) is 37.2 Å². The number of carbonyl (C=O) groups is 1. The average molecular weight is 263 g/mol. The molecule has 0 saturated carbocycles. The van der Waals surface area contributed by atoms with Crippen molar-refractivity contribution < 1.29 is 9.53 Å². The number of morpholine rings is 1. The minimum absolute atomic E-state index is 0.423. The first kappa shape index (κ1) is 11.4. The van der Waals surface area contributed by atoms with Gasteiger partial charge in [0.25, 0.3) is 5.91 Å². The summed E-state index contributed by atoms with van der Waals surface area (Å²) in [7, 11) is 0. The van der Waals surface area contributed by atoms with E-state index in [1.165, 1.54) is 11.3 Å². The average Bonchev–Trinajstić information content (AvgIpc) is 2.82. The monoisotopic (exact) mass is 263 g/mol. The Morgan fingerprint density at radius 2 is 2.22 bits per heavy atom. The van der Waals surface area contributed by atoms with Crippen LogP contribution in [-0.2, 0) is 4.74 Å². The van der Waals surface area contributed by atoms with Gasteiger partial charge in [-0.05, 0) is 6.07 Å². The van der Waals surface area contributed by atoms with Crippen molar-refractivity contribution in [3.63, 3.8) is 0 Å². The summed E-state index contributed by atoms with van der Waals surface area (Å²) in [6, 6.07) is 2.06. The van der Waals surface area contributed by atoms with Gasteiger partial charge in [0.15, 0.2) is 0 Å². The molecule has 0 bridgehead atoms. The van der Waals surface area contributed by atoms with Gasteiger partial charge in [-0.3, -0.25) is 9.78 Å². The molecule has 1 amide bonds. The Bertz CT molecular complexity index is 590. The summed E-state index contributed by atoms with van der Waals surface area (Å²) < 4.78 is 6.32. The van der Waals surface area contributed by atoms with Crippen LogP contribution >= 0.6 is 11.3 Å². The number of hydrogen-bond donors (Lipinski definition) is 1. The lowest BCUT2D eigenvalue weighted by Crippen LogP contribution is -2.36. The highest BCUT2D eigenvalue weighted by molar-refractivity contribution is 7.17. The van der Waals surface area contributed by atoms with E-state index < -0.39 is 5.91 Å². The molecule has 18 heavy (non-hydrogen) atoms. The first-order valence-corrected chi connectivity index (χ1v) is 6.63. The lowest BCUT2D eigenvalue weighted by Gasteiger charge is -2.28. The molecule has 2 aromatic rings. The molecule has 6 heteroatoms. The number of fused-ring (bicyclic) bond motifs is 1. The molecule has 5 nitrogen and oxygen atoms in total. The number of pyridine rings is 1. The number of aromatic nitrogens is 1. The van der Waals surface area contributed by atoms with Gasteiger partial charge in [-0.15, -0.1) is 11.3 Å². The maximum atomic E-state index is 11.2. The normalized spacial score (nSPS) is 16.1. The summed E-state index contributed by atoms with van der Waals surface area (Å²) >= 11 is 1.50. The molecule has 2 N–H and O–H groups in total. The molecule has 3 rings (SSSR count). The topological polar surface area (TPSA) is 68.5 Å². The van der Waals surface area contributed by atoms with Crippen molar-refractivity contribution in [2.75, 3.05) is 31.2 Å². The number of rotatable bonds is 2. The van der Waals surface area contributed by atoms with E-state index in [2.05, 4.69) is 16.0 Å². The molecular weight excluding hydrogens is 250 g/mol. The van der Waals surface area contributed by atoms with Crippen LogP contribution < -0.4 is 10.6 Å². The van der Waals surface area contributed by atoms with Crippen molar-refractivity contribution in [3.05, 3.63) is 23.2 Å². The molecule has 1 aliphatic heterocycles. The molecule has 0 unspecified atom stereocenters. The fourth-order valence-electron chi connectivity index (χ4n) is 2.07. The maximum absolute atomic E-state index is 11.2. The zero-order valence-corrected chi connectivity index (χ0v) is 10.6. The molecule has 1 aliphatic rings. The highest BCUT2D eigenvalue weighted by Gasteiger charge is 2.15. The number of ether oxygens (including phenoxy) is 1. The second-order valence-corrected chi connectivity index (χ2v) is 5.06. The minimum atomic E-state index is -0.423. The summed E-state index contributed by atoms with van der Waals surface area (Å²) in [5.41, 5.74) is 7.58. The highest BCUT2D eigenvalue weighted by Crippen LogP contribution is 2.28. The Hall–Kier alpha value is -1.66. The van der Waals surface area contributed by atoms with Gasteiger partial charge in [0, 0.05) is 18.5 Å². The van der Waals surface area contributed by atoms with Crippen molar-refractivity contribution >= 4 is 33.1 Å². The second kappa shape index (κ2) is 4.55. The molecule has 2 aromatic heterocycles. The lowest BCUT2D eigenvalue weighted by atomic mass is 10.2. The smallest absolute Gasteiger partial charge is 0.251 e. The van der Waals surface area contributed by atoms with Gasteiger partial charge in [-0.1, -0.05) is 0 Å². The fourth-order valence-corrected chi connectivity index (χ4v) is 3.01. The van der Waals surface area contributed by atoms with Crippen LogP contribution in [0.5, 0.6) is 0 Å². The van der Waals surface area contributed by atoms with E-state index in [4.69, 9.17) is 10.5 Å². The lowest BCUT2D eigenvalue weighted by molar-refractivity contribution is 0.100. The van der Waals surface area contributed by atoms with E-state index in [-0.39, 0.29) is 0 Å². The van der Waals surface area contributed by atoms with Crippen LogP contribution in [0.2, 0.25) is 0 Å². The molecule has 1 saturated heterocycles. The number of thiophene rings is 1. The van der Waals surface area contributed by atoms with Crippen LogP contribution in [0.3, 0.4) is 0 Å². The summed E-state index contributed by atoms with van der Waals surface area (Å²) in [4.78, 5) is 17.8. The zero-order chi connectivity index (χ0) is 12.5. The number of primary amides is 1. The molecular formula is C12H13N3O2S. The molecule has 0 radical (unpaired) electrons. The Kier molecular flexibility index (Phi) is 2.89. The number of nitrogens with two attached hydrogens (primary N) is 1. The molecule has 0 aromatic carbocycles. The molecule has 3 heterocycles. The van der Waals surface area contributed by atoms with Gasteiger partial charge in [-0.2, -0.15) is 0 Å². The standard InChI is InChI=1S/C12H13N3O2S/c13-12(16)9-7-18-10-5-8(6-14-11(9)10)15-1-3-17-4-2-15/h5-7H,1-4H2,(H2,13,16). The summed E-state index contributed by atoms with van der Waals surface area (Å²) in [5, 5.41) is 1.77. The fraction of sp³-hybridized carbons (Fsp3) is 0.333. The number of amides is 1. The first-order chi connectivity index (χ1) is 8.75. The Balaban J connectivity index is 1.98. The van der Waals surface area contributed by atoms with E-state index in [0.29, 0.717) is 11.1 Å². The van der Waals surface area contributed by atoms with Gasteiger partial charge in [0.1, 0.15) is 0 Å². The second-order valence-electron chi connectivity index (χ2n) is 4.15. The van der Waals surface area contributed by atoms with Gasteiger partial charge < -0.3 is 15.4 Å². The zero-order valence-electron chi connectivity index (χ0n) is 9.76. The molecule has 0 aliphatic carbocycles. The molecule has 1 fully saturated rings. The third-order valence-corrected chi connectivity index (χ3v) is 3.96. The Morgan fingerprint density at radius 3 is 2.94 bits per heavy atom. The predicted octanol–water partition coefficient (Wildman–Crippen LogP) is 1.23. The Morgan fingerprint density at radius 1 is 1.44 bits per heavy atom. The Labute approximate surface area is 108 Å². The van der Waals surface area contributed by atoms with Gasteiger partial charge >= 0.3 is 0 Å². The third-order valence-electron chi connectivity index (χ3n) is 3.04. The van der Waals surface area contributed by atoms with Gasteiger partial charge in [0.05, 0.1) is 40.9 Å². The van der Waals surface area contributed by atoms with Crippen LogP contribution in [0, 0.1) is 0 Å². The van der Waals surface area contributed by atoms with E-state index in [9.17, 15) is 4.79 Å². The largest absolute Gasteiger partial charge is 0.378 e. The molecule has 0 spiro atoms. The minimum Gasteiger partial charge on any atom is -0.378 e. The first-order valence-electron chi connectivity index (χ1n) is 5.75. The van der Waals surface area contributed by atoms with E-state index >= 15 is 0 Å². The third kappa shape index (κ3) is 1.93. The maximum Gasteiger partial charge on any atom is 0.251 e. The predicted molar refractivity (Wildman–Crippen MR) is 71.2 cm³/mol.